The average Bonchev–Trinajstić information content (AvgIpc) is 2.70. The van der Waals surface area contributed by atoms with Gasteiger partial charge in [-0.25, -0.2) is 4.39 Å². The van der Waals surface area contributed by atoms with E-state index in [1.165, 1.54) is 6.07 Å². The van der Waals surface area contributed by atoms with Crippen molar-refractivity contribution in [3.8, 4) is 5.75 Å². The van der Waals surface area contributed by atoms with Gasteiger partial charge in [0.25, 0.3) is 0 Å². The molecule has 0 atom stereocenters. The number of para-hydroxylation sites is 1. The second kappa shape index (κ2) is 9.69. The number of amides is 1. The topological polar surface area (TPSA) is 32.8 Å². The number of rotatable bonds is 7. The Bertz CT molecular complexity index is 788. The van der Waals surface area contributed by atoms with E-state index in [1.807, 2.05) is 37.4 Å². The van der Waals surface area contributed by atoms with Gasteiger partial charge in [-0.2, -0.15) is 0 Å². The molecule has 0 radical (unpaired) electrons. The molecule has 5 heteroatoms. The maximum Gasteiger partial charge on any atom is 0.236 e. The van der Waals surface area contributed by atoms with E-state index in [0.29, 0.717) is 19.0 Å². The van der Waals surface area contributed by atoms with Crippen molar-refractivity contribution in [1.29, 1.82) is 0 Å². The van der Waals surface area contributed by atoms with Crippen LogP contribution >= 0.6 is 0 Å². The van der Waals surface area contributed by atoms with Crippen LogP contribution in [0.15, 0.2) is 48.5 Å². The van der Waals surface area contributed by atoms with Gasteiger partial charge >= 0.3 is 0 Å². The van der Waals surface area contributed by atoms with Crippen molar-refractivity contribution >= 4 is 5.91 Å². The highest BCUT2D eigenvalue weighted by atomic mass is 19.1. The molecule has 0 aromatic heterocycles. The maximum atomic E-state index is 13.3. The second-order valence-corrected chi connectivity index (χ2v) is 7.62. The molecule has 0 N–H and O–H groups in total. The lowest BCUT2D eigenvalue weighted by Crippen LogP contribution is -2.42. The minimum absolute atomic E-state index is 0.120. The minimum atomic E-state index is -0.168. The van der Waals surface area contributed by atoms with Crippen LogP contribution in [0.5, 0.6) is 5.75 Å². The molecular formula is C23H29FN2O2. The van der Waals surface area contributed by atoms with Crippen LogP contribution in [-0.2, 0) is 17.8 Å². The molecule has 0 spiro atoms. The first kappa shape index (κ1) is 20.3. The zero-order chi connectivity index (χ0) is 19.9. The monoisotopic (exact) mass is 384 g/mol. The number of ether oxygens (including phenoxy) is 1. The Morgan fingerprint density at radius 3 is 2.64 bits per heavy atom. The third kappa shape index (κ3) is 5.55. The number of nitrogens with zero attached hydrogens (tertiary/aromatic N) is 2. The Morgan fingerprint density at radius 1 is 1.18 bits per heavy atom. The van der Waals surface area contributed by atoms with E-state index in [1.54, 1.807) is 24.1 Å². The van der Waals surface area contributed by atoms with Gasteiger partial charge < -0.3 is 9.64 Å². The van der Waals surface area contributed by atoms with Gasteiger partial charge in [-0.05, 0) is 62.0 Å². The summed E-state index contributed by atoms with van der Waals surface area (Å²) in [5.74, 6) is 1.31. The van der Waals surface area contributed by atoms with Crippen LogP contribution in [0.1, 0.15) is 24.0 Å². The molecule has 1 aliphatic heterocycles. The van der Waals surface area contributed by atoms with Crippen LogP contribution in [0, 0.1) is 11.7 Å². The smallest absolute Gasteiger partial charge is 0.236 e. The fourth-order valence-electron chi connectivity index (χ4n) is 3.84. The van der Waals surface area contributed by atoms with E-state index in [0.717, 1.165) is 49.2 Å². The number of carbonyl (C=O) groups is 1. The molecule has 0 aliphatic carbocycles. The number of likely N-dealkylation sites (tertiary alicyclic amines) is 1. The number of benzene rings is 2. The molecule has 2 aromatic rings. The Morgan fingerprint density at radius 2 is 1.93 bits per heavy atom. The van der Waals surface area contributed by atoms with E-state index in [2.05, 4.69) is 4.90 Å². The molecule has 4 nitrogen and oxygen atoms in total. The third-order valence-corrected chi connectivity index (χ3v) is 5.51. The van der Waals surface area contributed by atoms with Crippen LogP contribution in [0.3, 0.4) is 0 Å². The summed E-state index contributed by atoms with van der Waals surface area (Å²) in [5.41, 5.74) is 2.07. The van der Waals surface area contributed by atoms with Crippen molar-refractivity contribution < 1.29 is 13.9 Å². The zero-order valence-electron chi connectivity index (χ0n) is 16.7. The van der Waals surface area contributed by atoms with Crippen molar-refractivity contribution in [2.45, 2.75) is 25.8 Å². The number of carbonyl (C=O) groups excluding carboxylic acids is 1. The first-order chi connectivity index (χ1) is 13.5. The fraction of sp³-hybridized carbons (Fsp3) is 0.435. The van der Waals surface area contributed by atoms with Crippen LogP contribution in [-0.4, -0.2) is 49.5 Å². The molecule has 1 saturated heterocycles. The van der Waals surface area contributed by atoms with E-state index < -0.39 is 0 Å². The number of piperidine rings is 1. The third-order valence-electron chi connectivity index (χ3n) is 5.51. The van der Waals surface area contributed by atoms with Gasteiger partial charge in [0.05, 0.1) is 13.7 Å². The molecular weight excluding hydrogens is 355 g/mol. The Kier molecular flexibility index (Phi) is 7.04. The molecule has 28 heavy (non-hydrogen) atoms. The van der Waals surface area contributed by atoms with Crippen LogP contribution in [0.4, 0.5) is 4.39 Å². The Hall–Kier alpha value is -2.40. The summed E-state index contributed by atoms with van der Waals surface area (Å²) in [7, 11) is 3.49. The summed E-state index contributed by atoms with van der Waals surface area (Å²) >= 11 is 0. The highest BCUT2D eigenvalue weighted by molar-refractivity contribution is 5.78. The van der Waals surface area contributed by atoms with Crippen LogP contribution in [0.25, 0.3) is 0 Å². The van der Waals surface area contributed by atoms with Crippen LogP contribution < -0.4 is 4.74 Å². The first-order valence-electron chi connectivity index (χ1n) is 9.88. The van der Waals surface area contributed by atoms with Gasteiger partial charge in [-0.3, -0.25) is 9.69 Å². The zero-order valence-corrected chi connectivity index (χ0v) is 16.7. The lowest BCUT2D eigenvalue weighted by atomic mass is 9.90. The molecule has 1 fully saturated rings. The van der Waals surface area contributed by atoms with Gasteiger partial charge in [-0.15, -0.1) is 0 Å². The molecule has 1 heterocycles. The highest BCUT2D eigenvalue weighted by Crippen LogP contribution is 2.23. The molecule has 2 aromatic carbocycles. The summed E-state index contributed by atoms with van der Waals surface area (Å²) < 4.78 is 18.7. The first-order valence-corrected chi connectivity index (χ1v) is 9.88. The fourth-order valence-corrected chi connectivity index (χ4v) is 3.84. The van der Waals surface area contributed by atoms with E-state index in [4.69, 9.17) is 4.74 Å². The van der Waals surface area contributed by atoms with Crippen molar-refractivity contribution in [3.05, 3.63) is 65.5 Å². The van der Waals surface area contributed by atoms with E-state index in [9.17, 15) is 9.18 Å². The number of likely N-dealkylation sites (N-methyl/N-ethyl adjacent to an activating group) is 1. The molecule has 0 bridgehead atoms. The second-order valence-electron chi connectivity index (χ2n) is 7.62. The van der Waals surface area contributed by atoms with Crippen molar-refractivity contribution in [2.24, 2.45) is 5.92 Å². The predicted molar refractivity (Wildman–Crippen MR) is 109 cm³/mol. The Labute approximate surface area is 166 Å². The standard InChI is InChI=1S/C23H29FN2O2/c1-25(16-20-7-3-4-9-22(20)28-2)23(27)17-26-12-10-18(11-13-26)14-19-6-5-8-21(24)15-19/h3-9,15,18H,10-14,16-17H2,1-2H3. The molecule has 1 amide bonds. The lowest BCUT2D eigenvalue weighted by molar-refractivity contribution is -0.132. The minimum Gasteiger partial charge on any atom is -0.496 e. The van der Waals surface area contributed by atoms with Gasteiger partial charge in [0, 0.05) is 19.2 Å². The van der Waals surface area contributed by atoms with Gasteiger partial charge in [-0.1, -0.05) is 30.3 Å². The molecule has 0 saturated carbocycles. The Balaban J connectivity index is 1.45. The SMILES string of the molecule is COc1ccccc1CN(C)C(=O)CN1CCC(Cc2cccc(F)c2)CC1. The van der Waals surface area contributed by atoms with Crippen molar-refractivity contribution in [2.75, 3.05) is 33.8 Å². The van der Waals surface area contributed by atoms with E-state index >= 15 is 0 Å². The van der Waals surface area contributed by atoms with Gasteiger partial charge in [0.2, 0.25) is 5.91 Å². The van der Waals surface area contributed by atoms with Crippen LogP contribution in [0.2, 0.25) is 0 Å². The van der Waals surface area contributed by atoms with Crippen molar-refractivity contribution in [3.63, 3.8) is 0 Å². The normalized spacial score (nSPS) is 15.4. The summed E-state index contributed by atoms with van der Waals surface area (Å²) in [6, 6.07) is 14.7. The summed E-state index contributed by atoms with van der Waals surface area (Å²) in [4.78, 5) is 16.6. The van der Waals surface area contributed by atoms with Gasteiger partial charge in [0.15, 0.2) is 0 Å². The summed E-state index contributed by atoms with van der Waals surface area (Å²) in [5, 5.41) is 0. The lowest BCUT2D eigenvalue weighted by Gasteiger charge is -2.32. The maximum absolute atomic E-state index is 13.3. The molecule has 1 aliphatic rings. The number of halogens is 1. The summed E-state index contributed by atoms with van der Waals surface area (Å²) in [6.07, 6.45) is 2.99. The number of methoxy groups -OCH3 is 1. The van der Waals surface area contributed by atoms with Crippen molar-refractivity contribution in [1.82, 2.24) is 9.80 Å². The number of hydrogen-bond donors (Lipinski definition) is 0. The van der Waals surface area contributed by atoms with Gasteiger partial charge in [0.1, 0.15) is 11.6 Å². The molecule has 150 valence electrons. The average molecular weight is 384 g/mol. The predicted octanol–water partition coefficient (Wildman–Crippen LogP) is 3.75. The quantitative estimate of drug-likeness (QED) is 0.729. The summed E-state index contributed by atoms with van der Waals surface area (Å²) in [6.45, 7) is 2.81. The van der Waals surface area contributed by atoms with E-state index in [-0.39, 0.29) is 11.7 Å². The number of hydrogen-bond acceptors (Lipinski definition) is 3. The largest absolute Gasteiger partial charge is 0.496 e. The molecule has 0 unspecified atom stereocenters. The molecule has 3 rings (SSSR count). The highest BCUT2D eigenvalue weighted by Gasteiger charge is 2.22.